The van der Waals surface area contributed by atoms with Crippen molar-refractivity contribution in [1.82, 2.24) is 19.3 Å². The summed E-state index contributed by atoms with van der Waals surface area (Å²) in [6.07, 6.45) is 2.93. The fourth-order valence-corrected chi connectivity index (χ4v) is 5.01. The number of piperidine rings is 1. The van der Waals surface area contributed by atoms with E-state index in [1.807, 2.05) is 20.0 Å². The van der Waals surface area contributed by atoms with Crippen LogP contribution in [0.5, 0.6) is 0 Å². The number of anilines is 1. The van der Waals surface area contributed by atoms with Gasteiger partial charge >= 0.3 is 5.76 Å². The van der Waals surface area contributed by atoms with E-state index < -0.39 is 15.8 Å². The molecule has 1 saturated heterocycles. The molecule has 0 unspecified atom stereocenters. The van der Waals surface area contributed by atoms with E-state index in [1.54, 1.807) is 6.07 Å². The number of rotatable bonds is 4. The Labute approximate surface area is 162 Å². The van der Waals surface area contributed by atoms with E-state index in [0.29, 0.717) is 31.4 Å². The zero-order chi connectivity index (χ0) is 19.9. The third kappa shape index (κ3) is 3.40. The summed E-state index contributed by atoms with van der Waals surface area (Å²) < 4.78 is 32.4. The first kappa shape index (κ1) is 18.6. The van der Waals surface area contributed by atoms with Gasteiger partial charge in [-0.3, -0.25) is 4.98 Å². The van der Waals surface area contributed by atoms with Crippen LogP contribution in [-0.2, 0) is 10.0 Å². The summed E-state index contributed by atoms with van der Waals surface area (Å²) in [5.74, 6) is 0.232. The number of aryl methyl sites for hydroxylation is 1. The highest BCUT2D eigenvalue weighted by Crippen LogP contribution is 2.26. The number of oxazole rings is 1. The van der Waals surface area contributed by atoms with E-state index in [4.69, 9.17) is 4.42 Å². The molecule has 0 bridgehead atoms. The van der Waals surface area contributed by atoms with Crippen molar-refractivity contribution in [2.24, 2.45) is 0 Å². The van der Waals surface area contributed by atoms with Gasteiger partial charge in [-0.2, -0.15) is 4.31 Å². The van der Waals surface area contributed by atoms with E-state index in [2.05, 4.69) is 19.9 Å². The summed E-state index contributed by atoms with van der Waals surface area (Å²) in [5.41, 5.74) is 1.60. The van der Waals surface area contributed by atoms with Crippen molar-refractivity contribution in [2.45, 2.75) is 30.7 Å². The zero-order valence-electron chi connectivity index (χ0n) is 15.6. The summed E-state index contributed by atoms with van der Waals surface area (Å²) in [5, 5.41) is 0. The van der Waals surface area contributed by atoms with Crippen molar-refractivity contribution < 1.29 is 12.8 Å². The van der Waals surface area contributed by atoms with Gasteiger partial charge in [0.2, 0.25) is 10.0 Å². The molecule has 2 aromatic heterocycles. The number of H-pyrrole nitrogens is 1. The third-order valence-corrected chi connectivity index (χ3v) is 7.05. The number of aromatic amines is 1. The first-order valence-electron chi connectivity index (χ1n) is 8.99. The highest BCUT2D eigenvalue weighted by atomic mass is 32.2. The van der Waals surface area contributed by atoms with Gasteiger partial charge in [-0.1, -0.05) is 0 Å². The Morgan fingerprint density at radius 2 is 1.96 bits per heavy atom. The van der Waals surface area contributed by atoms with Crippen molar-refractivity contribution >= 4 is 26.9 Å². The van der Waals surface area contributed by atoms with Crippen molar-refractivity contribution in [1.29, 1.82) is 0 Å². The minimum Gasteiger partial charge on any atom is -0.408 e. The number of nitrogens with one attached hydrogen (secondary N) is 1. The zero-order valence-corrected chi connectivity index (χ0v) is 16.4. The molecule has 9 nitrogen and oxygen atoms in total. The first-order valence-corrected chi connectivity index (χ1v) is 10.4. The number of aromatic nitrogens is 3. The van der Waals surface area contributed by atoms with E-state index in [1.165, 1.54) is 22.8 Å². The van der Waals surface area contributed by atoms with Gasteiger partial charge in [0.05, 0.1) is 10.4 Å². The largest absolute Gasteiger partial charge is 0.417 e. The number of sulfonamides is 1. The molecule has 0 spiro atoms. The lowest BCUT2D eigenvalue weighted by molar-refractivity contribution is 0.314. The first-order chi connectivity index (χ1) is 13.3. The Bertz CT molecular complexity index is 1160. The molecule has 28 heavy (non-hydrogen) atoms. The van der Waals surface area contributed by atoms with Crippen LogP contribution >= 0.6 is 0 Å². The molecule has 0 amide bonds. The second-order valence-electron chi connectivity index (χ2n) is 6.94. The molecule has 3 heterocycles. The summed E-state index contributed by atoms with van der Waals surface area (Å²) in [6.45, 7) is 2.74. The molecule has 1 aliphatic rings. The van der Waals surface area contributed by atoms with Crippen LogP contribution in [-0.4, -0.2) is 53.9 Å². The van der Waals surface area contributed by atoms with Crippen LogP contribution in [0.2, 0.25) is 0 Å². The standard InChI is InChI=1S/C18H21N5O4S/c1-12-9-17(20-11-19-12)22(2)13-5-7-23(8-6-13)28(25,26)14-3-4-15-16(10-14)27-18(24)21-15/h3-4,9-11,13H,5-8H2,1-2H3,(H,21,24). The van der Waals surface area contributed by atoms with Crippen molar-refractivity contribution in [3.63, 3.8) is 0 Å². The van der Waals surface area contributed by atoms with Gasteiger partial charge in [0, 0.05) is 44.0 Å². The summed E-state index contributed by atoms with van der Waals surface area (Å²) in [7, 11) is -1.68. The van der Waals surface area contributed by atoms with Crippen LogP contribution in [0.1, 0.15) is 18.5 Å². The molecule has 1 aliphatic heterocycles. The van der Waals surface area contributed by atoms with Crippen molar-refractivity contribution in [3.8, 4) is 0 Å². The van der Waals surface area contributed by atoms with E-state index >= 15 is 0 Å². The van der Waals surface area contributed by atoms with Crippen molar-refractivity contribution in [3.05, 3.63) is 46.8 Å². The average molecular weight is 403 g/mol. The Morgan fingerprint density at radius 3 is 2.68 bits per heavy atom. The Hall–Kier alpha value is -2.72. The minimum atomic E-state index is -3.65. The van der Waals surface area contributed by atoms with Crippen LogP contribution in [0.15, 0.2) is 44.7 Å². The maximum atomic E-state index is 13.0. The fourth-order valence-electron chi connectivity index (χ4n) is 3.53. The Morgan fingerprint density at radius 1 is 1.21 bits per heavy atom. The lowest BCUT2D eigenvalue weighted by Crippen LogP contribution is -2.45. The van der Waals surface area contributed by atoms with Gasteiger partial charge in [-0.15, -0.1) is 0 Å². The molecule has 4 rings (SSSR count). The normalized spacial score (nSPS) is 16.5. The monoisotopic (exact) mass is 403 g/mol. The number of fused-ring (bicyclic) bond motifs is 1. The average Bonchev–Trinajstić information content (AvgIpc) is 3.06. The van der Waals surface area contributed by atoms with Gasteiger partial charge < -0.3 is 9.32 Å². The highest BCUT2D eigenvalue weighted by Gasteiger charge is 2.31. The number of hydrogen-bond acceptors (Lipinski definition) is 7. The van der Waals surface area contributed by atoms with E-state index in [9.17, 15) is 13.2 Å². The molecule has 1 fully saturated rings. The molecular weight excluding hydrogens is 382 g/mol. The van der Waals surface area contributed by atoms with Crippen LogP contribution in [0.4, 0.5) is 5.82 Å². The molecule has 1 aromatic carbocycles. The number of nitrogens with zero attached hydrogens (tertiary/aromatic N) is 4. The highest BCUT2D eigenvalue weighted by molar-refractivity contribution is 7.89. The quantitative estimate of drug-likeness (QED) is 0.702. The summed E-state index contributed by atoms with van der Waals surface area (Å²) >= 11 is 0. The molecule has 0 atom stereocenters. The van der Waals surface area contributed by atoms with Gasteiger partial charge in [-0.05, 0) is 31.9 Å². The second kappa shape index (κ2) is 7.02. The molecule has 0 aliphatic carbocycles. The molecular formula is C18H21N5O4S. The van der Waals surface area contributed by atoms with Crippen LogP contribution in [0.25, 0.3) is 11.1 Å². The fraction of sp³-hybridized carbons (Fsp3) is 0.389. The second-order valence-corrected chi connectivity index (χ2v) is 8.87. The lowest BCUT2D eigenvalue weighted by atomic mass is 10.1. The Balaban J connectivity index is 1.49. The number of benzene rings is 1. The molecule has 0 radical (unpaired) electrons. The molecule has 0 saturated carbocycles. The van der Waals surface area contributed by atoms with Crippen LogP contribution < -0.4 is 10.7 Å². The van der Waals surface area contributed by atoms with E-state index in [0.717, 1.165) is 11.5 Å². The summed E-state index contributed by atoms with van der Waals surface area (Å²) in [6, 6.07) is 6.55. The van der Waals surface area contributed by atoms with Gasteiger partial charge in [0.15, 0.2) is 5.58 Å². The lowest BCUT2D eigenvalue weighted by Gasteiger charge is -2.36. The number of hydrogen-bond donors (Lipinski definition) is 1. The predicted molar refractivity (Wildman–Crippen MR) is 104 cm³/mol. The van der Waals surface area contributed by atoms with Crippen LogP contribution in [0, 0.1) is 6.92 Å². The molecule has 10 heteroatoms. The molecule has 148 valence electrons. The SMILES string of the molecule is Cc1cc(N(C)C2CCN(S(=O)(=O)c3ccc4[nH]c(=O)oc4c3)CC2)ncn1. The molecule has 1 N–H and O–H groups in total. The van der Waals surface area contributed by atoms with Gasteiger partial charge in [-0.25, -0.2) is 23.2 Å². The minimum absolute atomic E-state index is 0.126. The third-order valence-electron chi connectivity index (χ3n) is 5.15. The van der Waals surface area contributed by atoms with E-state index in [-0.39, 0.29) is 16.5 Å². The van der Waals surface area contributed by atoms with Crippen LogP contribution in [0.3, 0.4) is 0 Å². The van der Waals surface area contributed by atoms with Gasteiger partial charge in [0.1, 0.15) is 12.1 Å². The van der Waals surface area contributed by atoms with Gasteiger partial charge in [0.25, 0.3) is 0 Å². The smallest absolute Gasteiger partial charge is 0.408 e. The maximum absolute atomic E-state index is 13.0. The summed E-state index contributed by atoms with van der Waals surface area (Å²) in [4.78, 5) is 24.4. The molecule has 3 aromatic rings. The predicted octanol–water partition coefficient (Wildman–Crippen LogP) is 1.51. The Kier molecular flexibility index (Phi) is 4.68. The maximum Gasteiger partial charge on any atom is 0.417 e. The topological polar surface area (TPSA) is 112 Å². The van der Waals surface area contributed by atoms with Crippen molar-refractivity contribution in [2.75, 3.05) is 25.0 Å².